The summed E-state index contributed by atoms with van der Waals surface area (Å²) >= 11 is 0. The van der Waals surface area contributed by atoms with Crippen LogP contribution in [-0.4, -0.2) is 31.6 Å². The van der Waals surface area contributed by atoms with Crippen molar-refractivity contribution in [3.05, 3.63) is 66.2 Å². The first-order valence-electron chi connectivity index (χ1n) is 8.63. The molecule has 2 aromatic carbocycles. The maximum Gasteiger partial charge on any atom is 0.314 e. The summed E-state index contributed by atoms with van der Waals surface area (Å²) in [6, 6.07) is 19.5. The van der Waals surface area contributed by atoms with E-state index in [1.54, 1.807) is 4.90 Å². The fourth-order valence-electron chi connectivity index (χ4n) is 3.04. The summed E-state index contributed by atoms with van der Waals surface area (Å²) in [6.45, 7) is 1.75. The first-order valence-corrected chi connectivity index (χ1v) is 8.63. The van der Waals surface area contributed by atoms with Gasteiger partial charge in [-0.3, -0.25) is 4.79 Å². The van der Waals surface area contributed by atoms with Gasteiger partial charge in [-0.15, -0.1) is 0 Å². The third-order valence-corrected chi connectivity index (χ3v) is 4.37. The monoisotopic (exact) mass is 337 g/mol. The number of hydrogen-bond acceptors (Lipinski definition) is 2. The second-order valence-corrected chi connectivity index (χ2v) is 6.28. The molecule has 5 nitrogen and oxygen atoms in total. The maximum absolute atomic E-state index is 12.2. The lowest BCUT2D eigenvalue weighted by atomic mass is 10.1. The van der Waals surface area contributed by atoms with E-state index in [1.165, 1.54) is 5.56 Å². The average Bonchev–Trinajstić information content (AvgIpc) is 3.02. The molecule has 0 unspecified atom stereocenters. The molecule has 0 bridgehead atoms. The van der Waals surface area contributed by atoms with Crippen molar-refractivity contribution in [1.82, 2.24) is 10.6 Å². The smallest absolute Gasteiger partial charge is 0.314 e. The van der Waals surface area contributed by atoms with Gasteiger partial charge in [0, 0.05) is 37.7 Å². The molecular weight excluding hydrogens is 314 g/mol. The number of amides is 3. The van der Waals surface area contributed by atoms with Crippen LogP contribution in [0.1, 0.15) is 12.0 Å². The molecule has 0 spiro atoms. The average molecular weight is 337 g/mol. The molecule has 0 radical (unpaired) electrons. The minimum Gasteiger partial charge on any atom is -0.338 e. The minimum absolute atomic E-state index is 0.113. The molecule has 2 aromatic rings. The van der Waals surface area contributed by atoms with Crippen molar-refractivity contribution in [3.63, 3.8) is 0 Å². The molecule has 0 aliphatic carbocycles. The summed E-state index contributed by atoms with van der Waals surface area (Å²) in [7, 11) is 0. The SMILES string of the molecule is O=C(NCCc1ccccc1)NC[C@@H]1CC(=O)N(c2ccccc2)C1. The molecule has 1 heterocycles. The summed E-state index contributed by atoms with van der Waals surface area (Å²) in [6.07, 6.45) is 1.27. The van der Waals surface area contributed by atoms with Crippen LogP contribution in [-0.2, 0) is 11.2 Å². The molecule has 25 heavy (non-hydrogen) atoms. The van der Waals surface area contributed by atoms with E-state index in [4.69, 9.17) is 0 Å². The standard InChI is InChI=1S/C20H23N3O2/c24-19-13-17(15-23(19)18-9-5-2-6-10-18)14-22-20(25)21-12-11-16-7-3-1-4-8-16/h1-10,17H,11-15H2,(H2,21,22,25)/t17-/m0/s1. The quantitative estimate of drug-likeness (QED) is 0.851. The zero-order valence-electron chi connectivity index (χ0n) is 14.2. The van der Waals surface area contributed by atoms with Gasteiger partial charge >= 0.3 is 6.03 Å². The van der Waals surface area contributed by atoms with Gasteiger partial charge in [0.2, 0.25) is 5.91 Å². The van der Waals surface area contributed by atoms with Crippen molar-refractivity contribution >= 4 is 17.6 Å². The number of nitrogens with zero attached hydrogens (tertiary/aromatic N) is 1. The molecule has 1 aliphatic rings. The van der Waals surface area contributed by atoms with E-state index in [-0.39, 0.29) is 17.9 Å². The van der Waals surface area contributed by atoms with Crippen molar-refractivity contribution in [2.45, 2.75) is 12.8 Å². The maximum atomic E-state index is 12.2. The Kier molecular flexibility index (Phi) is 5.67. The van der Waals surface area contributed by atoms with E-state index in [2.05, 4.69) is 10.6 Å². The van der Waals surface area contributed by atoms with Gasteiger partial charge in [-0.2, -0.15) is 0 Å². The van der Waals surface area contributed by atoms with Gasteiger partial charge in [0.25, 0.3) is 0 Å². The zero-order chi connectivity index (χ0) is 17.5. The molecule has 3 rings (SSSR count). The Bertz CT molecular complexity index is 703. The minimum atomic E-state index is -0.179. The molecule has 1 aliphatic heterocycles. The molecule has 0 saturated carbocycles. The van der Waals surface area contributed by atoms with Crippen LogP contribution < -0.4 is 15.5 Å². The highest BCUT2D eigenvalue weighted by atomic mass is 16.2. The number of nitrogens with one attached hydrogen (secondary N) is 2. The van der Waals surface area contributed by atoms with Crippen molar-refractivity contribution in [1.29, 1.82) is 0 Å². The Morgan fingerprint density at radius 2 is 1.68 bits per heavy atom. The van der Waals surface area contributed by atoms with E-state index in [1.807, 2.05) is 60.7 Å². The Morgan fingerprint density at radius 3 is 2.40 bits per heavy atom. The highest BCUT2D eigenvalue weighted by molar-refractivity contribution is 5.95. The number of anilines is 1. The number of carbonyl (C=O) groups excluding carboxylic acids is 2. The van der Waals surface area contributed by atoms with Crippen molar-refractivity contribution in [2.24, 2.45) is 5.92 Å². The molecule has 5 heteroatoms. The van der Waals surface area contributed by atoms with Gasteiger partial charge in [-0.05, 0) is 24.1 Å². The Labute approximate surface area is 148 Å². The van der Waals surface area contributed by atoms with Gasteiger partial charge < -0.3 is 15.5 Å². The molecule has 1 saturated heterocycles. The lowest BCUT2D eigenvalue weighted by Crippen LogP contribution is -2.39. The lowest BCUT2D eigenvalue weighted by Gasteiger charge is -2.17. The van der Waals surface area contributed by atoms with Crippen LogP contribution in [0.3, 0.4) is 0 Å². The third kappa shape index (κ3) is 4.83. The predicted octanol–water partition coefficient (Wildman–Crippen LogP) is 2.58. The number of carbonyl (C=O) groups is 2. The van der Waals surface area contributed by atoms with Crippen LogP contribution in [0, 0.1) is 5.92 Å². The number of benzene rings is 2. The molecule has 3 amide bonds. The number of rotatable bonds is 6. The summed E-state index contributed by atoms with van der Waals surface area (Å²) in [5.74, 6) is 0.259. The summed E-state index contributed by atoms with van der Waals surface area (Å²) in [5.41, 5.74) is 2.12. The second-order valence-electron chi connectivity index (χ2n) is 6.28. The van der Waals surface area contributed by atoms with Gasteiger partial charge in [0.05, 0.1) is 0 Å². The number of hydrogen-bond donors (Lipinski definition) is 2. The Balaban J connectivity index is 1.39. The predicted molar refractivity (Wildman–Crippen MR) is 98.4 cm³/mol. The van der Waals surface area contributed by atoms with Crippen LogP contribution >= 0.6 is 0 Å². The van der Waals surface area contributed by atoms with E-state index >= 15 is 0 Å². The van der Waals surface area contributed by atoms with Crippen molar-refractivity contribution in [3.8, 4) is 0 Å². The third-order valence-electron chi connectivity index (χ3n) is 4.37. The van der Waals surface area contributed by atoms with Crippen molar-refractivity contribution < 1.29 is 9.59 Å². The fourth-order valence-corrected chi connectivity index (χ4v) is 3.04. The number of para-hydroxylation sites is 1. The van der Waals surface area contributed by atoms with Crippen LogP contribution in [0.4, 0.5) is 10.5 Å². The fraction of sp³-hybridized carbons (Fsp3) is 0.300. The lowest BCUT2D eigenvalue weighted by molar-refractivity contribution is -0.117. The molecule has 2 N–H and O–H groups in total. The summed E-state index contributed by atoms with van der Waals surface area (Å²) < 4.78 is 0. The molecular formula is C20H23N3O2. The van der Waals surface area contributed by atoms with Gasteiger partial charge in [-0.25, -0.2) is 4.79 Å². The van der Waals surface area contributed by atoms with Gasteiger partial charge in [0.15, 0.2) is 0 Å². The molecule has 1 fully saturated rings. The summed E-state index contributed by atoms with van der Waals surface area (Å²) in [4.78, 5) is 25.8. The second kappa shape index (κ2) is 8.33. The zero-order valence-corrected chi connectivity index (χ0v) is 14.2. The van der Waals surface area contributed by atoms with E-state index in [0.717, 1.165) is 12.1 Å². The highest BCUT2D eigenvalue weighted by Gasteiger charge is 2.30. The van der Waals surface area contributed by atoms with Crippen LogP contribution in [0.5, 0.6) is 0 Å². The number of urea groups is 1. The van der Waals surface area contributed by atoms with Crippen molar-refractivity contribution in [2.75, 3.05) is 24.5 Å². The first kappa shape index (κ1) is 17.0. The summed E-state index contributed by atoms with van der Waals surface area (Å²) in [5, 5.41) is 5.74. The van der Waals surface area contributed by atoms with Crippen LogP contribution in [0.2, 0.25) is 0 Å². The van der Waals surface area contributed by atoms with Gasteiger partial charge in [-0.1, -0.05) is 48.5 Å². The normalized spacial score (nSPS) is 16.7. The molecule has 0 aromatic heterocycles. The van der Waals surface area contributed by atoms with E-state index in [0.29, 0.717) is 26.1 Å². The highest BCUT2D eigenvalue weighted by Crippen LogP contribution is 2.24. The van der Waals surface area contributed by atoms with Crippen LogP contribution in [0.25, 0.3) is 0 Å². The Hall–Kier alpha value is -2.82. The first-order chi connectivity index (χ1) is 12.2. The topological polar surface area (TPSA) is 61.4 Å². The largest absolute Gasteiger partial charge is 0.338 e. The Morgan fingerprint density at radius 1 is 1.00 bits per heavy atom. The van der Waals surface area contributed by atoms with Gasteiger partial charge in [0.1, 0.15) is 0 Å². The molecule has 130 valence electrons. The van der Waals surface area contributed by atoms with E-state index in [9.17, 15) is 9.59 Å². The molecule has 1 atom stereocenters. The van der Waals surface area contributed by atoms with E-state index < -0.39 is 0 Å². The van der Waals surface area contributed by atoms with Crippen LogP contribution in [0.15, 0.2) is 60.7 Å².